The largest absolute Gasteiger partial charge is 0.444 e. The smallest absolute Gasteiger partial charge is 0.412 e. The molecule has 1 rings (SSSR count). The molecule has 0 aromatic heterocycles. The Hall–Kier alpha value is -1.54. The van der Waals surface area contributed by atoms with Gasteiger partial charge in [-0.05, 0) is 25.1 Å². The van der Waals surface area contributed by atoms with Gasteiger partial charge in [0.25, 0.3) is 0 Å². The highest BCUT2D eigenvalue weighted by atomic mass is 28.3. The summed E-state index contributed by atoms with van der Waals surface area (Å²) in [6, 6.07) is 9.15. The Morgan fingerprint density at radius 1 is 1.15 bits per heavy atom. The molecule has 1 aromatic carbocycles. The van der Waals surface area contributed by atoms with Crippen molar-refractivity contribution in [3.8, 4) is 0 Å². The molecule has 0 heterocycles. The third kappa shape index (κ3) is 9.28. The van der Waals surface area contributed by atoms with Gasteiger partial charge in [-0.2, -0.15) is 13.2 Å². The van der Waals surface area contributed by atoms with Gasteiger partial charge in [0.15, 0.2) is 9.04 Å². The van der Waals surface area contributed by atoms with E-state index < -0.39 is 39.4 Å². The van der Waals surface area contributed by atoms with Crippen molar-refractivity contribution in [1.82, 2.24) is 4.90 Å². The first-order chi connectivity index (χ1) is 12.4. The van der Waals surface area contributed by atoms with Gasteiger partial charge < -0.3 is 9.16 Å². The van der Waals surface area contributed by atoms with E-state index in [2.05, 4.69) is 0 Å². The van der Waals surface area contributed by atoms with Crippen LogP contribution in [0.4, 0.5) is 18.0 Å². The molecular formula is C19H30F3NO3Si. The van der Waals surface area contributed by atoms with Crippen LogP contribution in [0, 0.1) is 5.41 Å². The van der Waals surface area contributed by atoms with Crippen molar-refractivity contribution < 1.29 is 27.1 Å². The number of benzene rings is 1. The lowest BCUT2D eigenvalue weighted by molar-refractivity contribution is -0.138. The van der Waals surface area contributed by atoms with Crippen molar-refractivity contribution >= 4 is 15.1 Å². The van der Waals surface area contributed by atoms with Crippen LogP contribution in [-0.2, 0) is 15.8 Å². The van der Waals surface area contributed by atoms with Crippen molar-refractivity contribution in [3.05, 3.63) is 35.9 Å². The van der Waals surface area contributed by atoms with E-state index in [0.717, 1.165) is 5.56 Å². The molecule has 8 heteroatoms. The van der Waals surface area contributed by atoms with Gasteiger partial charge in [0.1, 0.15) is 12.8 Å². The Labute approximate surface area is 161 Å². The molecule has 154 valence electrons. The quantitative estimate of drug-likeness (QED) is 0.433. The van der Waals surface area contributed by atoms with Gasteiger partial charge in [0.2, 0.25) is 0 Å². The molecule has 1 aromatic rings. The zero-order valence-electron chi connectivity index (χ0n) is 16.7. The molecule has 0 aliphatic carbocycles. The standard InChI is InChI=1S/C19H30F3NO3Si/c1-18(2,3)16(26-27(4)5)23(13-9-12-19(20,21)22)17(24)25-14-15-10-7-6-8-11-15/h6-8,10-11,16,27H,9,12-14H2,1-5H3. The van der Waals surface area contributed by atoms with E-state index in [1.165, 1.54) is 4.90 Å². The fourth-order valence-corrected chi connectivity index (χ4v) is 3.63. The summed E-state index contributed by atoms with van der Waals surface area (Å²) in [5.74, 6) is 0. The Balaban J connectivity index is 2.91. The fraction of sp³-hybridized carbons (Fsp3) is 0.632. The number of ether oxygens (including phenoxy) is 1. The lowest BCUT2D eigenvalue weighted by Crippen LogP contribution is -2.51. The Morgan fingerprint density at radius 2 is 1.74 bits per heavy atom. The zero-order valence-corrected chi connectivity index (χ0v) is 17.8. The number of halogens is 3. The molecule has 0 saturated heterocycles. The molecule has 0 fully saturated rings. The summed E-state index contributed by atoms with van der Waals surface area (Å²) in [6.45, 7) is 9.60. The average molecular weight is 406 g/mol. The molecule has 0 aliphatic heterocycles. The van der Waals surface area contributed by atoms with Crippen LogP contribution in [0.5, 0.6) is 0 Å². The summed E-state index contributed by atoms with van der Waals surface area (Å²) in [5, 5.41) is 0. The predicted octanol–water partition coefficient (Wildman–Crippen LogP) is 5.34. The third-order valence-corrected chi connectivity index (χ3v) is 4.53. The molecule has 4 nitrogen and oxygen atoms in total. The molecule has 0 spiro atoms. The maximum Gasteiger partial charge on any atom is 0.412 e. The SMILES string of the molecule is C[SiH](C)OC(N(CCCC(F)(F)F)C(=O)OCc1ccccc1)C(C)(C)C. The summed E-state index contributed by atoms with van der Waals surface area (Å²) in [4.78, 5) is 14.0. The van der Waals surface area contributed by atoms with Crippen molar-refractivity contribution in [2.45, 2.75) is 65.7 Å². The molecular weight excluding hydrogens is 375 g/mol. The molecule has 1 amide bonds. The van der Waals surface area contributed by atoms with Crippen LogP contribution < -0.4 is 0 Å². The molecule has 1 atom stereocenters. The summed E-state index contributed by atoms with van der Waals surface area (Å²) in [6.07, 6.45) is -6.70. The van der Waals surface area contributed by atoms with Gasteiger partial charge in [0.05, 0.1) is 0 Å². The van der Waals surface area contributed by atoms with Crippen LogP contribution in [0.2, 0.25) is 13.1 Å². The maximum atomic E-state index is 12.7. The highest BCUT2D eigenvalue weighted by Crippen LogP contribution is 2.29. The summed E-state index contributed by atoms with van der Waals surface area (Å²) in [7, 11) is -1.54. The lowest BCUT2D eigenvalue weighted by atomic mass is 9.93. The van der Waals surface area contributed by atoms with Crippen LogP contribution in [0.3, 0.4) is 0 Å². The highest BCUT2D eigenvalue weighted by Gasteiger charge is 2.36. The topological polar surface area (TPSA) is 38.8 Å². The second kappa shape index (κ2) is 10.1. The zero-order chi connectivity index (χ0) is 20.7. The van der Waals surface area contributed by atoms with E-state index in [0.29, 0.717) is 0 Å². The molecule has 0 N–H and O–H groups in total. The van der Waals surface area contributed by atoms with E-state index >= 15 is 0 Å². The first kappa shape index (κ1) is 23.5. The van der Waals surface area contributed by atoms with Gasteiger partial charge in [-0.25, -0.2) is 4.79 Å². The van der Waals surface area contributed by atoms with Gasteiger partial charge in [-0.3, -0.25) is 4.90 Å². The van der Waals surface area contributed by atoms with Gasteiger partial charge in [0, 0.05) is 18.4 Å². The number of amides is 1. The molecule has 1 unspecified atom stereocenters. The number of hydrogen-bond acceptors (Lipinski definition) is 3. The molecule has 0 radical (unpaired) electrons. The van der Waals surface area contributed by atoms with Crippen LogP contribution in [0.15, 0.2) is 30.3 Å². The molecule has 0 saturated carbocycles. The van der Waals surface area contributed by atoms with E-state index in [-0.39, 0.29) is 19.6 Å². The number of nitrogens with zero attached hydrogens (tertiary/aromatic N) is 1. The average Bonchev–Trinajstić information content (AvgIpc) is 2.54. The lowest BCUT2D eigenvalue weighted by Gasteiger charge is -2.40. The first-order valence-electron chi connectivity index (χ1n) is 9.09. The second-order valence-corrected chi connectivity index (χ2v) is 10.2. The minimum atomic E-state index is -4.26. The summed E-state index contributed by atoms with van der Waals surface area (Å²) in [5.41, 5.74) is 0.355. The van der Waals surface area contributed by atoms with Gasteiger partial charge in [-0.15, -0.1) is 0 Å². The number of carbonyl (C=O) groups is 1. The molecule has 0 bridgehead atoms. The van der Waals surface area contributed by atoms with E-state index in [4.69, 9.17) is 9.16 Å². The van der Waals surface area contributed by atoms with E-state index in [9.17, 15) is 18.0 Å². The minimum absolute atomic E-state index is 0.0609. The highest BCUT2D eigenvalue weighted by molar-refractivity contribution is 6.48. The summed E-state index contributed by atoms with van der Waals surface area (Å²) >= 11 is 0. The number of alkyl halides is 3. The number of hydrogen-bond donors (Lipinski definition) is 0. The summed E-state index contributed by atoms with van der Waals surface area (Å²) < 4.78 is 49.1. The Bertz CT molecular complexity index is 574. The first-order valence-corrected chi connectivity index (χ1v) is 11.9. The van der Waals surface area contributed by atoms with Gasteiger partial charge >= 0.3 is 12.3 Å². The van der Waals surface area contributed by atoms with Crippen molar-refractivity contribution in [3.63, 3.8) is 0 Å². The molecule has 0 aliphatic rings. The Morgan fingerprint density at radius 3 is 2.22 bits per heavy atom. The van der Waals surface area contributed by atoms with Crippen LogP contribution in [0.1, 0.15) is 39.2 Å². The van der Waals surface area contributed by atoms with Crippen molar-refractivity contribution in [2.75, 3.05) is 6.54 Å². The number of rotatable bonds is 8. The van der Waals surface area contributed by atoms with E-state index in [1.54, 1.807) is 0 Å². The second-order valence-electron chi connectivity index (χ2n) is 7.86. The monoisotopic (exact) mass is 405 g/mol. The van der Waals surface area contributed by atoms with E-state index in [1.807, 2.05) is 64.2 Å². The third-order valence-electron chi connectivity index (χ3n) is 3.72. The van der Waals surface area contributed by atoms with Gasteiger partial charge in [-0.1, -0.05) is 51.1 Å². The predicted molar refractivity (Wildman–Crippen MR) is 102 cm³/mol. The Kier molecular flexibility index (Phi) is 8.81. The van der Waals surface area contributed by atoms with Crippen molar-refractivity contribution in [2.24, 2.45) is 5.41 Å². The number of carbonyl (C=O) groups excluding carboxylic acids is 1. The van der Waals surface area contributed by atoms with Crippen LogP contribution in [-0.4, -0.2) is 39.0 Å². The van der Waals surface area contributed by atoms with Crippen LogP contribution >= 0.6 is 0 Å². The van der Waals surface area contributed by atoms with Crippen LogP contribution in [0.25, 0.3) is 0 Å². The molecule has 27 heavy (non-hydrogen) atoms. The van der Waals surface area contributed by atoms with Crippen molar-refractivity contribution in [1.29, 1.82) is 0 Å². The normalized spacial score (nSPS) is 13.5. The fourth-order valence-electron chi connectivity index (χ4n) is 2.56. The maximum absolute atomic E-state index is 12.7. The minimum Gasteiger partial charge on any atom is -0.444 e.